The monoisotopic (exact) mass is 326 g/mol. The Hall–Kier alpha value is -2.10. The zero-order chi connectivity index (χ0) is 16.7. The molecule has 0 saturated heterocycles. The minimum absolute atomic E-state index is 0.0285. The first kappa shape index (κ1) is 15.4. The summed E-state index contributed by atoms with van der Waals surface area (Å²) < 4.78 is 15.7. The molecule has 0 bridgehead atoms. The maximum absolute atomic E-state index is 13.6. The highest BCUT2D eigenvalue weighted by Gasteiger charge is 2.30. The van der Waals surface area contributed by atoms with Crippen LogP contribution in [0.15, 0.2) is 24.3 Å². The van der Waals surface area contributed by atoms with Crippen LogP contribution in [0.1, 0.15) is 58.6 Å². The molecule has 1 heterocycles. The quantitative estimate of drug-likeness (QED) is 0.912. The lowest BCUT2D eigenvalue weighted by atomic mass is 9.95. The first-order valence-electron chi connectivity index (χ1n) is 8.89. The molecule has 1 aromatic heterocycles. The summed E-state index contributed by atoms with van der Waals surface area (Å²) >= 11 is 0. The average Bonchev–Trinajstić information content (AvgIpc) is 3.33. The second-order valence-corrected chi connectivity index (χ2v) is 7.07. The molecule has 1 aromatic carbocycles. The van der Waals surface area contributed by atoms with Crippen molar-refractivity contribution < 1.29 is 9.18 Å². The molecule has 1 saturated carbocycles. The van der Waals surface area contributed by atoms with Gasteiger partial charge >= 0.3 is 0 Å². The van der Waals surface area contributed by atoms with Gasteiger partial charge in [0.15, 0.2) is 0 Å². The van der Waals surface area contributed by atoms with Gasteiger partial charge in [-0.15, -0.1) is 0 Å². The van der Waals surface area contributed by atoms with Crippen LogP contribution in [0, 0.1) is 12.7 Å². The first-order valence-corrected chi connectivity index (χ1v) is 8.89. The Morgan fingerprint density at radius 2 is 2.08 bits per heavy atom. The molecule has 0 radical (unpaired) electrons. The van der Waals surface area contributed by atoms with E-state index in [2.05, 4.69) is 16.8 Å². The van der Waals surface area contributed by atoms with Crippen LogP contribution in [0.3, 0.4) is 0 Å². The van der Waals surface area contributed by atoms with Crippen LogP contribution >= 0.6 is 0 Å². The van der Waals surface area contributed by atoms with Crippen LogP contribution in [0.2, 0.25) is 0 Å². The summed E-state index contributed by atoms with van der Waals surface area (Å²) in [5.74, 6) is -0.199. The number of rotatable bonds is 4. The molecular weight excluding hydrogens is 303 g/mol. The van der Waals surface area contributed by atoms with Gasteiger partial charge < -0.3 is 9.88 Å². The average molecular weight is 326 g/mol. The maximum atomic E-state index is 13.6. The smallest absolute Gasteiger partial charge is 0.268 e. The summed E-state index contributed by atoms with van der Waals surface area (Å²) in [7, 11) is 0. The number of nitrogens with one attached hydrogen (secondary N) is 1. The Balaban J connectivity index is 1.76. The van der Waals surface area contributed by atoms with Gasteiger partial charge in [-0.1, -0.05) is 12.1 Å². The van der Waals surface area contributed by atoms with Gasteiger partial charge in [0, 0.05) is 18.3 Å². The van der Waals surface area contributed by atoms with E-state index >= 15 is 0 Å². The Kier molecular flexibility index (Phi) is 3.91. The maximum Gasteiger partial charge on any atom is 0.268 e. The predicted octanol–water partition coefficient (Wildman–Crippen LogP) is 3.75. The van der Waals surface area contributed by atoms with Crippen molar-refractivity contribution in [2.45, 2.75) is 58.0 Å². The fourth-order valence-corrected chi connectivity index (χ4v) is 3.84. The number of hydrogen-bond donors (Lipinski definition) is 1. The van der Waals surface area contributed by atoms with Crippen LogP contribution in [0.25, 0.3) is 0 Å². The van der Waals surface area contributed by atoms with Gasteiger partial charge in [0.25, 0.3) is 5.91 Å². The van der Waals surface area contributed by atoms with Crippen molar-refractivity contribution in [2.24, 2.45) is 0 Å². The molecule has 0 aliphatic heterocycles. The number of hydrogen-bond acceptors (Lipinski definition) is 1. The van der Waals surface area contributed by atoms with E-state index in [0.29, 0.717) is 12.6 Å². The molecule has 0 spiro atoms. The van der Waals surface area contributed by atoms with Crippen molar-refractivity contribution in [3.8, 4) is 0 Å². The second kappa shape index (κ2) is 6.08. The molecule has 24 heavy (non-hydrogen) atoms. The fourth-order valence-electron chi connectivity index (χ4n) is 3.84. The number of nitrogens with zero attached hydrogens (tertiary/aromatic N) is 1. The lowest BCUT2D eigenvalue weighted by molar-refractivity contribution is 0.0941. The Morgan fingerprint density at radius 3 is 2.83 bits per heavy atom. The molecule has 2 aliphatic rings. The van der Waals surface area contributed by atoms with E-state index in [4.69, 9.17) is 0 Å². The third-order valence-corrected chi connectivity index (χ3v) is 5.20. The normalized spacial score (nSPS) is 16.8. The van der Waals surface area contributed by atoms with Crippen molar-refractivity contribution in [3.63, 3.8) is 0 Å². The highest BCUT2D eigenvalue weighted by Crippen LogP contribution is 2.31. The first-order chi connectivity index (χ1) is 11.6. The zero-order valence-corrected chi connectivity index (χ0v) is 14.1. The molecule has 2 aliphatic carbocycles. The topological polar surface area (TPSA) is 34.0 Å². The van der Waals surface area contributed by atoms with Crippen LogP contribution in [-0.2, 0) is 19.4 Å². The second-order valence-electron chi connectivity index (χ2n) is 7.07. The summed E-state index contributed by atoms with van der Waals surface area (Å²) in [5.41, 5.74) is 5.39. The fraction of sp³-hybridized carbons (Fsp3) is 0.450. The van der Waals surface area contributed by atoms with Crippen molar-refractivity contribution >= 4 is 5.91 Å². The van der Waals surface area contributed by atoms with Gasteiger partial charge in [-0.25, -0.2) is 4.39 Å². The molecule has 0 unspecified atom stereocenters. The number of halogens is 1. The minimum atomic E-state index is -0.228. The van der Waals surface area contributed by atoms with Crippen molar-refractivity contribution in [1.29, 1.82) is 0 Å². The van der Waals surface area contributed by atoms with Crippen molar-refractivity contribution in [1.82, 2.24) is 9.88 Å². The van der Waals surface area contributed by atoms with Crippen LogP contribution in [0.5, 0.6) is 0 Å². The van der Waals surface area contributed by atoms with Crippen molar-refractivity contribution in [2.75, 3.05) is 0 Å². The molecule has 126 valence electrons. The largest absolute Gasteiger partial charge is 0.348 e. The lowest BCUT2D eigenvalue weighted by Gasteiger charge is -2.17. The van der Waals surface area contributed by atoms with E-state index in [1.165, 1.54) is 23.7 Å². The van der Waals surface area contributed by atoms with E-state index in [-0.39, 0.29) is 11.7 Å². The van der Waals surface area contributed by atoms with E-state index in [9.17, 15) is 9.18 Å². The van der Waals surface area contributed by atoms with Crippen LogP contribution in [-0.4, -0.2) is 16.5 Å². The van der Waals surface area contributed by atoms with Gasteiger partial charge in [-0.05, 0) is 74.3 Å². The lowest BCUT2D eigenvalue weighted by Crippen LogP contribution is -2.29. The molecule has 0 atom stereocenters. The van der Waals surface area contributed by atoms with E-state index in [0.717, 1.165) is 48.9 Å². The zero-order valence-electron chi connectivity index (χ0n) is 14.1. The summed E-state index contributed by atoms with van der Waals surface area (Å²) in [6.07, 6.45) is 6.54. The van der Waals surface area contributed by atoms with Gasteiger partial charge in [-0.2, -0.15) is 0 Å². The summed E-state index contributed by atoms with van der Waals surface area (Å²) in [4.78, 5) is 12.8. The molecule has 1 amide bonds. The number of benzene rings is 1. The standard InChI is InChI=1S/C20H23FN2O/c1-13-17-7-2-3-8-18(17)23(12-14-5-4-6-15(21)11-14)19(13)20(24)22-16-9-10-16/h4-6,11,16H,2-3,7-10,12H2,1H3,(H,22,24). The van der Waals surface area contributed by atoms with Crippen LogP contribution in [0.4, 0.5) is 4.39 Å². The SMILES string of the molecule is Cc1c2c(n(Cc3cccc(F)c3)c1C(=O)NC1CC1)CCCC2. The Labute approximate surface area is 141 Å². The van der Waals surface area contributed by atoms with E-state index in [1.807, 2.05) is 6.07 Å². The molecule has 3 nitrogen and oxygen atoms in total. The molecular formula is C20H23FN2O. The summed E-state index contributed by atoms with van der Waals surface area (Å²) in [5, 5.41) is 3.12. The number of fused-ring (bicyclic) bond motifs is 1. The van der Waals surface area contributed by atoms with Gasteiger partial charge in [0.05, 0.1) is 0 Å². The highest BCUT2D eigenvalue weighted by atomic mass is 19.1. The Morgan fingerprint density at radius 1 is 1.29 bits per heavy atom. The van der Waals surface area contributed by atoms with Gasteiger partial charge in [0.2, 0.25) is 0 Å². The van der Waals surface area contributed by atoms with Crippen LogP contribution < -0.4 is 5.32 Å². The number of aromatic nitrogens is 1. The molecule has 1 fully saturated rings. The predicted molar refractivity (Wildman–Crippen MR) is 91.8 cm³/mol. The third kappa shape index (κ3) is 2.85. The molecule has 4 rings (SSSR count). The van der Waals surface area contributed by atoms with Crippen molar-refractivity contribution in [3.05, 3.63) is 58.2 Å². The Bertz CT molecular complexity index is 789. The number of carbonyl (C=O) groups excluding carboxylic acids is 1. The molecule has 4 heteroatoms. The number of amides is 1. The third-order valence-electron chi connectivity index (χ3n) is 5.20. The number of carbonyl (C=O) groups is 1. The molecule has 1 N–H and O–H groups in total. The highest BCUT2D eigenvalue weighted by molar-refractivity contribution is 5.95. The molecule has 2 aromatic rings. The minimum Gasteiger partial charge on any atom is -0.348 e. The summed E-state index contributed by atoms with van der Waals surface area (Å²) in [6, 6.07) is 7.02. The van der Waals surface area contributed by atoms with Gasteiger partial charge in [-0.3, -0.25) is 4.79 Å². The van der Waals surface area contributed by atoms with E-state index < -0.39 is 0 Å². The van der Waals surface area contributed by atoms with Gasteiger partial charge in [0.1, 0.15) is 11.5 Å². The summed E-state index contributed by atoms with van der Waals surface area (Å²) in [6.45, 7) is 2.62. The van der Waals surface area contributed by atoms with E-state index in [1.54, 1.807) is 12.1 Å².